The van der Waals surface area contributed by atoms with E-state index in [-0.39, 0.29) is 11.8 Å². The predicted molar refractivity (Wildman–Crippen MR) is 109 cm³/mol. The Morgan fingerprint density at radius 3 is 2.50 bits per heavy atom. The summed E-state index contributed by atoms with van der Waals surface area (Å²) in [4.78, 5) is 27.9. The van der Waals surface area contributed by atoms with E-state index in [4.69, 9.17) is 4.74 Å². The number of hydrogen-bond donors (Lipinski definition) is 2. The van der Waals surface area contributed by atoms with Gasteiger partial charge >= 0.3 is 18.7 Å². The molecule has 1 aliphatic rings. The van der Waals surface area contributed by atoms with E-state index in [1.165, 1.54) is 18.2 Å². The molecule has 1 fully saturated rings. The van der Waals surface area contributed by atoms with E-state index in [0.29, 0.717) is 25.3 Å². The van der Waals surface area contributed by atoms with Crippen molar-refractivity contribution in [2.24, 2.45) is 0 Å². The Labute approximate surface area is 175 Å². The molecule has 1 aromatic carbocycles. The largest absolute Gasteiger partial charge is 0.444 e. The standard InChI is InChI=1S/C20H30F2N4O4/c1-20(2,3)30-19(28)26-12-10-25(11-13-26)9-5-8-23-18(27)24-15-6-4-7-16(14-15)29-17(21)22/h4,6-7,14,17H,5,8-13H2,1-3H3,(H2,23,24,27). The molecule has 0 aliphatic carbocycles. The van der Waals surface area contributed by atoms with Gasteiger partial charge < -0.3 is 25.0 Å². The van der Waals surface area contributed by atoms with Crippen LogP contribution in [0.4, 0.5) is 24.1 Å². The number of carbonyl (C=O) groups is 2. The van der Waals surface area contributed by atoms with Gasteiger partial charge in [0, 0.05) is 44.5 Å². The summed E-state index contributed by atoms with van der Waals surface area (Å²) in [7, 11) is 0. The van der Waals surface area contributed by atoms with E-state index >= 15 is 0 Å². The molecule has 30 heavy (non-hydrogen) atoms. The van der Waals surface area contributed by atoms with Gasteiger partial charge in [-0.25, -0.2) is 9.59 Å². The average molecular weight is 428 g/mol. The van der Waals surface area contributed by atoms with Crippen LogP contribution in [-0.4, -0.2) is 73.4 Å². The molecule has 0 saturated carbocycles. The maximum atomic E-state index is 12.2. The highest BCUT2D eigenvalue weighted by atomic mass is 19.3. The van der Waals surface area contributed by atoms with Gasteiger partial charge in [-0.3, -0.25) is 4.90 Å². The monoisotopic (exact) mass is 428 g/mol. The van der Waals surface area contributed by atoms with Crippen LogP contribution in [0.15, 0.2) is 24.3 Å². The van der Waals surface area contributed by atoms with Crippen molar-refractivity contribution in [2.75, 3.05) is 44.6 Å². The van der Waals surface area contributed by atoms with Crippen LogP contribution < -0.4 is 15.4 Å². The predicted octanol–water partition coefficient (Wildman–Crippen LogP) is 3.35. The lowest BCUT2D eigenvalue weighted by Crippen LogP contribution is -2.50. The van der Waals surface area contributed by atoms with Gasteiger partial charge in [0.25, 0.3) is 0 Å². The Bertz CT molecular complexity index is 704. The first-order chi connectivity index (χ1) is 14.1. The number of anilines is 1. The number of alkyl halides is 2. The number of piperazine rings is 1. The zero-order chi connectivity index (χ0) is 22.1. The lowest BCUT2D eigenvalue weighted by atomic mass is 10.2. The maximum Gasteiger partial charge on any atom is 0.410 e. The van der Waals surface area contributed by atoms with Crippen molar-refractivity contribution in [1.29, 1.82) is 0 Å². The fraction of sp³-hybridized carbons (Fsp3) is 0.600. The number of carbonyl (C=O) groups excluding carboxylic acids is 2. The summed E-state index contributed by atoms with van der Waals surface area (Å²) in [5, 5.41) is 5.32. The number of nitrogens with one attached hydrogen (secondary N) is 2. The Kier molecular flexibility index (Phi) is 8.64. The van der Waals surface area contributed by atoms with Gasteiger partial charge in [0.1, 0.15) is 11.4 Å². The Hall–Kier alpha value is -2.62. The third kappa shape index (κ3) is 8.81. The summed E-state index contributed by atoms with van der Waals surface area (Å²) in [6.07, 6.45) is 0.456. The number of nitrogens with zero attached hydrogens (tertiary/aromatic N) is 2. The minimum atomic E-state index is -2.92. The fourth-order valence-electron chi connectivity index (χ4n) is 2.91. The molecule has 0 aromatic heterocycles. The summed E-state index contributed by atoms with van der Waals surface area (Å²) < 4.78 is 34.2. The van der Waals surface area contributed by atoms with Crippen LogP contribution in [0.25, 0.3) is 0 Å². The van der Waals surface area contributed by atoms with Crippen LogP contribution in [0.3, 0.4) is 0 Å². The normalized spacial score (nSPS) is 15.1. The van der Waals surface area contributed by atoms with E-state index in [2.05, 4.69) is 20.3 Å². The molecule has 2 N–H and O–H groups in total. The molecule has 1 aliphatic heterocycles. The zero-order valence-corrected chi connectivity index (χ0v) is 17.6. The second-order valence-corrected chi connectivity index (χ2v) is 7.95. The molecule has 1 aromatic rings. The fourth-order valence-corrected chi connectivity index (χ4v) is 2.91. The maximum absolute atomic E-state index is 12.2. The van der Waals surface area contributed by atoms with Gasteiger partial charge in [-0.1, -0.05) is 6.07 Å². The number of benzene rings is 1. The number of rotatable bonds is 7. The number of amides is 3. The number of ether oxygens (including phenoxy) is 2. The van der Waals surface area contributed by atoms with Crippen molar-refractivity contribution >= 4 is 17.8 Å². The van der Waals surface area contributed by atoms with Crippen molar-refractivity contribution in [2.45, 2.75) is 39.4 Å². The van der Waals surface area contributed by atoms with E-state index in [0.717, 1.165) is 26.1 Å². The average Bonchev–Trinajstić information content (AvgIpc) is 2.64. The number of hydrogen-bond acceptors (Lipinski definition) is 5. The van der Waals surface area contributed by atoms with Gasteiger partial charge in [0.2, 0.25) is 0 Å². The van der Waals surface area contributed by atoms with Gasteiger partial charge in [-0.2, -0.15) is 8.78 Å². The highest BCUT2D eigenvalue weighted by Gasteiger charge is 2.25. The van der Waals surface area contributed by atoms with Crippen LogP contribution in [0.1, 0.15) is 27.2 Å². The lowest BCUT2D eigenvalue weighted by Gasteiger charge is -2.35. The molecule has 1 saturated heterocycles. The SMILES string of the molecule is CC(C)(C)OC(=O)N1CCN(CCCNC(=O)Nc2cccc(OC(F)F)c2)CC1. The molecular weight excluding hydrogens is 398 g/mol. The molecular formula is C20H30F2N4O4. The van der Waals surface area contributed by atoms with E-state index in [9.17, 15) is 18.4 Å². The molecule has 0 atom stereocenters. The zero-order valence-electron chi connectivity index (χ0n) is 17.6. The summed E-state index contributed by atoms with van der Waals surface area (Å²) in [5.41, 5.74) is -0.138. The summed E-state index contributed by atoms with van der Waals surface area (Å²) >= 11 is 0. The van der Waals surface area contributed by atoms with Crippen LogP contribution in [0, 0.1) is 0 Å². The Morgan fingerprint density at radius 1 is 1.17 bits per heavy atom. The molecule has 0 radical (unpaired) electrons. The minimum absolute atomic E-state index is 0.0201. The van der Waals surface area contributed by atoms with Gasteiger partial charge in [0.05, 0.1) is 0 Å². The molecule has 10 heteroatoms. The van der Waals surface area contributed by atoms with Crippen molar-refractivity contribution in [1.82, 2.24) is 15.1 Å². The van der Waals surface area contributed by atoms with Crippen molar-refractivity contribution < 1.29 is 27.8 Å². The Morgan fingerprint density at radius 2 is 1.87 bits per heavy atom. The minimum Gasteiger partial charge on any atom is -0.444 e. The van der Waals surface area contributed by atoms with Crippen molar-refractivity contribution in [3.8, 4) is 5.75 Å². The van der Waals surface area contributed by atoms with E-state index < -0.39 is 18.2 Å². The van der Waals surface area contributed by atoms with Crippen LogP contribution >= 0.6 is 0 Å². The first-order valence-electron chi connectivity index (χ1n) is 9.92. The molecule has 1 heterocycles. The summed E-state index contributed by atoms with van der Waals surface area (Å²) in [6, 6.07) is 5.40. The van der Waals surface area contributed by atoms with Crippen LogP contribution in [0.2, 0.25) is 0 Å². The summed E-state index contributed by atoms with van der Waals surface area (Å²) in [5.74, 6) is -0.0201. The topological polar surface area (TPSA) is 83.1 Å². The number of halogens is 2. The molecule has 3 amide bonds. The van der Waals surface area contributed by atoms with Gasteiger partial charge in [0.15, 0.2) is 0 Å². The molecule has 0 unspecified atom stereocenters. The molecule has 8 nitrogen and oxygen atoms in total. The summed E-state index contributed by atoms with van der Waals surface area (Å²) in [6.45, 7) is 6.60. The van der Waals surface area contributed by atoms with Gasteiger partial charge in [-0.05, 0) is 45.9 Å². The number of urea groups is 1. The smallest absolute Gasteiger partial charge is 0.410 e. The van der Waals surface area contributed by atoms with Crippen molar-refractivity contribution in [3.63, 3.8) is 0 Å². The molecule has 2 rings (SSSR count). The second-order valence-electron chi connectivity index (χ2n) is 7.95. The molecule has 0 spiro atoms. The van der Waals surface area contributed by atoms with Crippen molar-refractivity contribution in [3.05, 3.63) is 24.3 Å². The van der Waals surface area contributed by atoms with E-state index in [1.807, 2.05) is 20.8 Å². The first kappa shape index (κ1) is 23.7. The third-order valence-corrected chi connectivity index (χ3v) is 4.28. The first-order valence-corrected chi connectivity index (χ1v) is 9.92. The molecule has 168 valence electrons. The third-order valence-electron chi connectivity index (χ3n) is 4.28. The highest BCUT2D eigenvalue weighted by molar-refractivity contribution is 5.89. The Balaban J connectivity index is 1.62. The molecule has 0 bridgehead atoms. The van der Waals surface area contributed by atoms with Gasteiger partial charge in [-0.15, -0.1) is 0 Å². The van der Waals surface area contributed by atoms with Crippen LogP contribution in [0.5, 0.6) is 5.75 Å². The second kappa shape index (κ2) is 11.0. The lowest BCUT2D eigenvalue weighted by molar-refractivity contribution is -0.0498. The highest BCUT2D eigenvalue weighted by Crippen LogP contribution is 2.19. The van der Waals surface area contributed by atoms with Crippen LogP contribution in [-0.2, 0) is 4.74 Å². The quantitative estimate of drug-likeness (QED) is 0.651. The van der Waals surface area contributed by atoms with E-state index in [1.54, 1.807) is 11.0 Å².